The van der Waals surface area contributed by atoms with Crippen LogP contribution in [0.5, 0.6) is 0 Å². The summed E-state index contributed by atoms with van der Waals surface area (Å²) in [5.74, 6) is -0.259. The lowest BCUT2D eigenvalue weighted by Crippen LogP contribution is -2.01. The molecular formula is C14H15FN4S. The van der Waals surface area contributed by atoms with Gasteiger partial charge < -0.3 is 14.1 Å². The van der Waals surface area contributed by atoms with Crippen LogP contribution < -0.4 is 0 Å². The van der Waals surface area contributed by atoms with Gasteiger partial charge in [-0.3, -0.25) is 0 Å². The summed E-state index contributed by atoms with van der Waals surface area (Å²) < 4.78 is 18.2. The lowest BCUT2D eigenvalue weighted by atomic mass is 10.2. The molecule has 0 fully saturated rings. The summed E-state index contributed by atoms with van der Waals surface area (Å²) in [4.78, 5) is 6.95. The molecule has 0 bridgehead atoms. The summed E-state index contributed by atoms with van der Waals surface area (Å²) in [6.45, 7) is 1.72. The summed E-state index contributed by atoms with van der Waals surface area (Å²) in [5, 5.41) is 0. The highest BCUT2D eigenvalue weighted by Gasteiger charge is 2.07. The molecule has 0 saturated heterocycles. The monoisotopic (exact) mass is 290 g/mol. The Balaban J connectivity index is 1.70. The average molecular weight is 290 g/mol. The first kappa shape index (κ1) is 13.1. The number of aryl methyl sites for hydroxylation is 2. The van der Waals surface area contributed by atoms with Gasteiger partial charge in [0.2, 0.25) is 0 Å². The maximum atomic E-state index is 13.7. The Kier molecular flexibility index (Phi) is 3.64. The number of fused-ring (bicyclic) bond motifs is 1. The molecule has 3 rings (SSSR count). The Bertz CT molecular complexity index is 757. The molecule has 0 amide bonds. The topological polar surface area (TPSA) is 38.5 Å². The van der Waals surface area contributed by atoms with Gasteiger partial charge in [0.25, 0.3) is 0 Å². The van der Waals surface area contributed by atoms with Crippen LogP contribution >= 0.6 is 12.2 Å². The second-order valence-corrected chi connectivity index (χ2v) is 5.11. The molecule has 0 radical (unpaired) electrons. The summed E-state index contributed by atoms with van der Waals surface area (Å²) in [5.41, 5.74) is 1.32. The van der Waals surface area contributed by atoms with Gasteiger partial charge in [-0.25, -0.2) is 9.37 Å². The predicted molar refractivity (Wildman–Crippen MR) is 78.5 cm³/mol. The largest absolute Gasteiger partial charge is 0.337 e. The maximum absolute atomic E-state index is 13.7. The van der Waals surface area contributed by atoms with E-state index in [0.29, 0.717) is 10.3 Å². The normalized spacial score (nSPS) is 11.2. The van der Waals surface area contributed by atoms with E-state index in [9.17, 15) is 4.39 Å². The van der Waals surface area contributed by atoms with Gasteiger partial charge in [-0.05, 0) is 37.2 Å². The first-order chi connectivity index (χ1) is 9.75. The molecule has 0 saturated carbocycles. The van der Waals surface area contributed by atoms with Gasteiger partial charge in [0.15, 0.2) is 4.77 Å². The fourth-order valence-electron chi connectivity index (χ4n) is 2.35. The van der Waals surface area contributed by atoms with Crippen LogP contribution in [0.25, 0.3) is 11.0 Å². The van der Waals surface area contributed by atoms with Crippen LogP contribution in [-0.2, 0) is 13.1 Å². The third-order valence-corrected chi connectivity index (χ3v) is 3.69. The molecule has 0 aliphatic rings. The zero-order valence-corrected chi connectivity index (χ0v) is 11.7. The van der Waals surface area contributed by atoms with Crippen molar-refractivity contribution >= 4 is 23.3 Å². The van der Waals surface area contributed by atoms with E-state index in [1.54, 1.807) is 12.3 Å². The van der Waals surface area contributed by atoms with Crippen molar-refractivity contribution in [1.82, 2.24) is 19.1 Å². The van der Waals surface area contributed by atoms with Crippen LogP contribution in [-0.4, -0.2) is 19.1 Å². The smallest absolute Gasteiger partial charge is 0.178 e. The van der Waals surface area contributed by atoms with Gasteiger partial charge in [-0.15, -0.1) is 0 Å². The number of aromatic amines is 1. The SMILES string of the molecule is Fc1cccc2c1[nH]c(=S)n2CCCCn1ccnc1. The van der Waals surface area contributed by atoms with Crippen molar-refractivity contribution in [3.05, 3.63) is 47.5 Å². The van der Waals surface area contributed by atoms with Crippen LogP contribution in [0, 0.1) is 10.6 Å². The zero-order valence-electron chi connectivity index (χ0n) is 10.9. The molecule has 0 atom stereocenters. The van der Waals surface area contributed by atoms with E-state index in [1.165, 1.54) is 6.07 Å². The number of hydrogen-bond acceptors (Lipinski definition) is 2. The number of hydrogen-bond donors (Lipinski definition) is 1. The van der Waals surface area contributed by atoms with Crippen LogP contribution in [0.15, 0.2) is 36.9 Å². The Morgan fingerprint density at radius 3 is 2.90 bits per heavy atom. The van der Waals surface area contributed by atoms with E-state index < -0.39 is 0 Å². The fourth-order valence-corrected chi connectivity index (χ4v) is 2.64. The number of imidazole rings is 2. The molecule has 104 valence electrons. The highest BCUT2D eigenvalue weighted by atomic mass is 32.1. The van der Waals surface area contributed by atoms with E-state index in [2.05, 4.69) is 9.97 Å². The Hall–Kier alpha value is -1.95. The highest BCUT2D eigenvalue weighted by molar-refractivity contribution is 7.71. The minimum atomic E-state index is -0.259. The van der Waals surface area contributed by atoms with Crippen molar-refractivity contribution in [2.24, 2.45) is 0 Å². The molecule has 0 aliphatic carbocycles. The first-order valence-electron chi connectivity index (χ1n) is 6.58. The van der Waals surface area contributed by atoms with Crippen molar-refractivity contribution in [3.8, 4) is 0 Å². The van der Waals surface area contributed by atoms with Gasteiger partial charge in [0.1, 0.15) is 11.3 Å². The average Bonchev–Trinajstić information content (AvgIpc) is 3.04. The number of benzene rings is 1. The van der Waals surface area contributed by atoms with Crippen molar-refractivity contribution in [1.29, 1.82) is 0 Å². The molecule has 2 heterocycles. The van der Waals surface area contributed by atoms with Crippen molar-refractivity contribution in [2.75, 3.05) is 0 Å². The predicted octanol–water partition coefficient (Wildman–Crippen LogP) is 3.51. The number of rotatable bonds is 5. The van der Waals surface area contributed by atoms with Crippen LogP contribution in [0.3, 0.4) is 0 Å². The maximum Gasteiger partial charge on any atom is 0.178 e. The molecular weight excluding hydrogens is 275 g/mol. The van der Waals surface area contributed by atoms with Crippen LogP contribution in [0.2, 0.25) is 0 Å². The summed E-state index contributed by atoms with van der Waals surface area (Å²) in [7, 11) is 0. The van der Waals surface area contributed by atoms with Gasteiger partial charge in [-0.2, -0.15) is 0 Å². The van der Waals surface area contributed by atoms with Crippen molar-refractivity contribution < 1.29 is 4.39 Å². The summed E-state index contributed by atoms with van der Waals surface area (Å²) >= 11 is 5.27. The third kappa shape index (κ3) is 2.51. The number of para-hydroxylation sites is 1. The molecule has 1 aromatic carbocycles. The van der Waals surface area contributed by atoms with E-state index in [1.807, 2.05) is 27.7 Å². The number of H-pyrrole nitrogens is 1. The highest BCUT2D eigenvalue weighted by Crippen LogP contribution is 2.17. The van der Waals surface area contributed by atoms with E-state index in [4.69, 9.17) is 12.2 Å². The molecule has 0 spiro atoms. The third-order valence-electron chi connectivity index (χ3n) is 3.37. The summed E-state index contributed by atoms with van der Waals surface area (Å²) in [6, 6.07) is 5.04. The van der Waals surface area contributed by atoms with E-state index in [-0.39, 0.29) is 5.82 Å². The minimum Gasteiger partial charge on any atom is -0.337 e. The molecule has 0 unspecified atom stereocenters. The van der Waals surface area contributed by atoms with Crippen molar-refractivity contribution in [3.63, 3.8) is 0 Å². The number of aromatic nitrogens is 4. The number of unbranched alkanes of at least 4 members (excludes halogenated alkanes) is 1. The Morgan fingerprint density at radius 2 is 2.10 bits per heavy atom. The number of nitrogens with one attached hydrogen (secondary N) is 1. The summed E-state index contributed by atoms with van der Waals surface area (Å²) in [6.07, 6.45) is 7.55. The molecule has 2 aromatic heterocycles. The van der Waals surface area contributed by atoms with Gasteiger partial charge in [-0.1, -0.05) is 6.07 Å². The molecule has 0 aliphatic heterocycles. The van der Waals surface area contributed by atoms with Gasteiger partial charge in [0, 0.05) is 25.5 Å². The van der Waals surface area contributed by atoms with Crippen LogP contribution in [0.1, 0.15) is 12.8 Å². The Labute approximate surface area is 120 Å². The van der Waals surface area contributed by atoms with Crippen molar-refractivity contribution in [2.45, 2.75) is 25.9 Å². The molecule has 1 N–H and O–H groups in total. The second-order valence-electron chi connectivity index (χ2n) is 4.72. The molecule has 4 nitrogen and oxygen atoms in total. The standard InChI is InChI=1S/C14H15FN4S/c15-11-4-3-5-12-13(11)17-14(20)19(12)8-2-1-7-18-9-6-16-10-18/h3-6,9-10H,1-2,7-8H2,(H,17,20). The minimum absolute atomic E-state index is 0.259. The van der Waals surface area contributed by atoms with Gasteiger partial charge in [0.05, 0.1) is 11.8 Å². The molecule has 3 aromatic rings. The lowest BCUT2D eigenvalue weighted by molar-refractivity contribution is 0.556. The van der Waals surface area contributed by atoms with E-state index >= 15 is 0 Å². The second kappa shape index (κ2) is 5.58. The molecule has 20 heavy (non-hydrogen) atoms. The van der Waals surface area contributed by atoms with E-state index in [0.717, 1.165) is 31.4 Å². The van der Waals surface area contributed by atoms with Gasteiger partial charge >= 0.3 is 0 Å². The quantitative estimate of drug-likeness (QED) is 0.577. The number of nitrogens with zero attached hydrogens (tertiary/aromatic N) is 3. The molecule has 6 heteroatoms. The Morgan fingerprint density at radius 1 is 1.25 bits per heavy atom. The lowest BCUT2D eigenvalue weighted by Gasteiger charge is -2.05. The fraction of sp³-hybridized carbons (Fsp3) is 0.286. The number of halogens is 1. The first-order valence-corrected chi connectivity index (χ1v) is 6.99. The van der Waals surface area contributed by atoms with Crippen LogP contribution in [0.4, 0.5) is 4.39 Å². The zero-order chi connectivity index (χ0) is 13.9.